The standard InChI is InChI=1S/C10H20N2O2S.C6H13NOS.C5H11NOS.C4H10N2OS.C4H11NS.C4H8O2S.C3H9NS.C3H6O2S.3C3H8S.2C2H6S.CO2/c1-2-4-9(13)8(7-15)12-10(14)5-3-6-11;1-5(3-4-9)7-6(2)8;1-4(3-8)6-5(2)7;1-3(2-8)6-4(5)7;1-4(5)2-3-6;1-2-3(7)4(5)6;1-3(4)2-5;4-3(5)1-2-6;1-3(2)4;2*1-2-3-4;2*1-2-3;2-1-3/h8,15H,2-7,11H2,1H3,(H,12,14);5,9H,3-4H2,1-2H3,(H,7,8);4,8H,3H2,1-2H3,(H,6,7);3,8H,2H2,1H3,(H3,5,6,7);4,6H,2-3,5H2,1H3;3,7H,2H2,1H3,(H,5,6);3,5H,2,4H2,1H3;6H,1-2H2,(H,4,5);3-4H,1-2H3;2*4H,2-3H2,1H3;2*3H,2H2,1H3;. The molecule has 0 bridgehead atoms. The van der Waals surface area contributed by atoms with E-state index in [1.807, 2.05) is 69.2 Å². The number of rotatable bonds is 24. The summed E-state index contributed by atoms with van der Waals surface area (Å²) in [7, 11) is 0. The van der Waals surface area contributed by atoms with Crippen molar-refractivity contribution in [2.75, 3.05) is 69.8 Å². The molecule has 7 atom stereocenters. The topological polar surface area (TPSA) is 346 Å². The molecule has 0 aromatic heterocycles. The number of aliphatic carboxylic acids is 2. The molecule has 0 aromatic rings. The SMILES string of the molecule is CC(=O)NC(C)CCS.CC(=O)NC(C)CS.CC(C)S.CC(CS)NC(N)=O.CC(N)CCS.CC(N)CS.CCC(S)C(=O)O.CCCC(=O)C(CS)NC(=O)CCCN.CCCS.CCCS.CCS.CCS.O=C(O)CCS.O=C=O. The van der Waals surface area contributed by atoms with E-state index in [-0.39, 0.29) is 60.2 Å². The minimum absolute atomic E-state index is 0.00606. The number of carboxylic acids is 2. The zero-order chi connectivity index (χ0) is 70.8. The molecule has 0 aliphatic rings. The number of thiol groups is 13. The first-order chi connectivity index (χ1) is 39.4. The number of primary amides is 1. The Bertz CT molecular complexity index is 1350. The second-order valence-electron chi connectivity index (χ2n) is 16.9. The fourth-order valence-corrected chi connectivity index (χ4v) is 4.41. The number of hydrogen-bond acceptors (Lipinski definition) is 25. The van der Waals surface area contributed by atoms with E-state index in [1.54, 1.807) is 6.92 Å². The Morgan fingerprint density at radius 3 is 0.988 bits per heavy atom. The van der Waals surface area contributed by atoms with E-state index in [0.717, 1.165) is 59.5 Å². The third-order valence-electron chi connectivity index (χ3n) is 6.73. The number of nitrogens with one attached hydrogen (secondary N) is 4. The van der Waals surface area contributed by atoms with Gasteiger partial charge < -0.3 is 54.4 Å². The summed E-state index contributed by atoms with van der Waals surface area (Å²) >= 11 is 50.6. The molecule has 520 valence electrons. The van der Waals surface area contributed by atoms with Gasteiger partial charge in [-0.3, -0.25) is 28.8 Å². The van der Waals surface area contributed by atoms with Crippen LogP contribution in [0.3, 0.4) is 0 Å². The average molecular weight is 1470 g/mol. The van der Waals surface area contributed by atoms with Gasteiger partial charge in [-0.1, -0.05) is 55.4 Å². The smallest absolute Gasteiger partial charge is 0.373 e. The van der Waals surface area contributed by atoms with Crippen LogP contribution in [-0.4, -0.2) is 174 Å². The predicted octanol–water partition coefficient (Wildman–Crippen LogP) is 9.11. The first-order valence-corrected chi connectivity index (χ1v) is 35.6. The van der Waals surface area contributed by atoms with Crippen molar-refractivity contribution in [1.29, 1.82) is 0 Å². The van der Waals surface area contributed by atoms with Crippen LogP contribution in [0.2, 0.25) is 0 Å². The van der Waals surface area contributed by atoms with Gasteiger partial charge in [0.25, 0.3) is 0 Å². The minimum Gasteiger partial charge on any atom is -0.481 e. The van der Waals surface area contributed by atoms with Crippen molar-refractivity contribution in [3.63, 3.8) is 0 Å². The first kappa shape index (κ1) is 119. The highest BCUT2D eigenvalue weighted by Gasteiger charge is 2.17. The molecule has 85 heavy (non-hydrogen) atoms. The van der Waals surface area contributed by atoms with Crippen molar-refractivity contribution in [2.24, 2.45) is 22.9 Å². The lowest BCUT2D eigenvalue weighted by Crippen LogP contribution is -2.42. The quantitative estimate of drug-likeness (QED) is 0.0401. The van der Waals surface area contributed by atoms with Gasteiger partial charge in [0, 0.05) is 85.7 Å². The van der Waals surface area contributed by atoms with E-state index in [1.165, 1.54) is 26.7 Å². The summed E-state index contributed by atoms with van der Waals surface area (Å²) < 4.78 is 0. The minimum atomic E-state index is -0.842. The highest BCUT2D eigenvalue weighted by Crippen LogP contribution is 2.00. The van der Waals surface area contributed by atoms with E-state index in [4.69, 9.17) is 42.7 Å². The van der Waals surface area contributed by atoms with Gasteiger partial charge in [0.1, 0.15) is 0 Å². The summed E-state index contributed by atoms with van der Waals surface area (Å²) in [6, 6.07) is 0.151. The van der Waals surface area contributed by atoms with Gasteiger partial charge in [0.05, 0.1) is 17.7 Å². The molecule has 0 radical (unpaired) electrons. The van der Waals surface area contributed by atoms with Crippen LogP contribution in [0, 0.1) is 0 Å². The third kappa shape index (κ3) is 209. The fourth-order valence-electron chi connectivity index (χ4n) is 2.95. The molecule has 0 fully saturated rings. The van der Waals surface area contributed by atoms with Gasteiger partial charge in [-0.25, -0.2) is 4.79 Å². The van der Waals surface area contributed by atoms with Crippen molar-refractivity contribution in [2.45, 2.75) is 215 Å². The molecule has 19 nitrogen and oxygen atoms in total. The summed E-state index contributed by atoms with van der Waals surface area (Å²) in [4.78, 5) is 89.2. The van der Waals surface area contributed by atoms with Crippen molar-refractivity contribution in [3.05, 3.63) is 0 Å². The monoisotopic (exact) mass is 1460 g/mol. The number of hydrogen-bond donors (Lipinski definition) is 23. The fraction of sp³-hybridized carbons (Fsp3) is 0.849. The van der Waals surface area contributed by atoms with Crippen molar-refractivity contribution in [3.8, 4) is 0 Å². The van der Waals surface area contributed by atoms with Crippen molar-refractivity contribution >= 4 is 212 Å². The Kier molecular flexibility index (Phi) is 156. The van der Waals surface area contributed by atoms with Crippen LogP contribution in [0.1, 0.15) is 168 Å². The third-order valence-corrected chi connectivity index (χ3v) is 11.0. The van der Waals surface area contributed by atoms with Gasteiger partial charge in [-0.2, -0.15) is 174 Å². The Balaban J connectivity index is -0.0000000547. The van der Waals surface area contributed by atoms with E-state index in [9.17, 15) is 33.6 Å². The molecule has 0 aliphatic heterocycles. The maximum atomic E-state index is 11.5. The molecule has 0 heterocycles. The molecule has 0 rings (SSSR count). The summed E-state index contributed by atoms with van der Waals surface area (Å²) in [5, 5.41) is 26.6. The van der Waals surface area contributed by atoms with E-state index < -0.39 is 29.3 Å². The lowest BCUT2D eigenvalue weighted by atomic mass is 10.1. The van der Waals surface area contributed by atoms with Crippen LogP contribution in [0.15, 0.2) is 0 Å². The Hall–Kier alpha value is 0.1000. The van der Waals surface area contributed by atoms with Crippen LogP contribution >= 0.6 is 164 Å². The maximum Gasteiger partial charge on any atom is 0.373 e. The Morgan fingerprint density at radius 2 is 0.847 bits per heavy atom. The number of ketones is 1. The van der Waals surface area contributed by atoms with Crippen LogP contribution in [0.25, 0.3) is 0 Å². The van der Waals surface area contributed by atoms with Crippen LogP contribution in [0.5, 0.6) is 0 Å². The van der Waals surface area contributed by atoms with Gasteiger partial charge in [0.2, 0.25) is 17.7 Å². The summed E-state index contributed by atoms with van der Waals surface area (Å²) in [5.74, 6) is 6.84. The Labute approximate surface area is 588 Å². The molecule has 32 heteroatoms. The normalized spacial score (nSPS) is 11.2. The molecule has 0 saturated heterocycles. The zero-order valence-electron chi connectivity index (χ0n) is 53.9. The molecule has 0 saturated carbocycles. The lowest BCUT2D eigenvalue weighted by molar-refractivity contribution is -0.192. The second-order valence-corrected chi connectivity index (χ2v) is 23.6. The van der Waals surface area contributed by atoms with Crippen LogP contribution < -0.4 is 44.2 Å². The molecule has 7 unspecified atom stereocenters. The number of amides is 5. The molecule has 0 spiro atoms. The molecule has 14 N–H and O–H groups in total. The molecule has 0 aromatic carbocycles. The van der Waals surface area contributed by atoms with Gasteiger partial charge in [-0.05, 0) is 126 Å². The summed E-state index contributed by atoms with van der Waals surface area (Å²) in [6.45, 7) is 29.1. The number of Topliss-reactive ketones (excluding diaryl/α,β-unsaturated/α-hetero) is 1. The van der Waals surface area contributed by atoms with E-state index >= 15 is 0 Å². The maximum absolute atomic E-state index is 11.5. The molecular weight excluding hydrogens is 1340 g/mol. The number of carbonyl (C=O) groups excluding carboxylic acids is 7. The average Bonchev–Trinajstić information content (AvgIpc) is 3.40. The van der Waals surface area contributed by atoms with Crippen molar-refractivity contribution in [1.82, 2.24) is 21.3 Å². The predicted molar refractivity (Wildman–Crippen MR) is 412 cm³/mol. The first-order valence-electron chi connectivity index (χ1n) is 27.6. The van der Waals surface area contributed by atoms with Crippen molar-refractivity contribution < 1.29 is 53.4 Å². The van der Waals surface area contributed by atoms with E-state index in [0.29, 0.717) is 66.5 Å². The van der Waals surface area contributed by atoms with Gasteiger partial charge >= 0.3 is 24.1 Å². The molecule has 5 amide bonds. The van der Waals surface area contributed by atoms with E-state index in [2.05, 4.69) is 199 Å². The van der Waals surface area contributed by atoms with Crippen LogP contribution in [-0.2, 0) is 38.4 Å². The second kappa shape index (κ2) is 112. The molecular formula is C53H124N8O11S13. The van der Waals surface area contributed by atoms with Crippen LogP contribution in [0.4, 0.5) is 4.79 Å². The molecule has 0 aliphatic carbocycles. The number of carboxylic acid groups (broad SMARTS) is 2. The summed E-state index contributed by atoms with van der Waals surface area (Å²) in [5.41, 5.74) is 20.6. The number of carbonyl (C=O) groups is 7. The lowest BCUT2D eigenvalue weighted by Gasteiger charge is -2.14. The summed E-state index contributed by atoms with van der Waals surface area (Å²) in [6.07, 6.45) is 7.61. The largest absolute Gasteiger partial charge is 0.481 e. The highest BCUT2D eigenvalue weighted by molar-refractivity contribution is 7.82. The van der Waals surface area contributed by atoms with Gasteiger partial charge in [0.15, 0.2) is 5.78 Å². The number of nitrogens with two attached hydrogens (primary N) is 4. The zero-order valence-corrected chi connectivity index (χ0v) is 65.5. The Morgan fingerprint density at radius 1 is 0.506 bits per heavy atom. The number of urea groups is 1. The van der Waals surface area contributed by atoms with Gasteiger partial charge in [-0.15, -0.1) is 0 Å². The highest BCUT2D eigenvalue weighted by atomic mass is 32.1.